The molecular weight excluding hydrogens is 334 g/mol. The molecule has 1 saturated carbocycles. The van der Waals surface area contributed by atoms with Crippen LogP contribution in [0.15, 0.2) is 4.52 Å². The topological polar surface area (TPSA) is 77.7 Å². The Morgan fingerprint density at radius 1 is 1.15 bits per heavy atom. The molecule has 1 aliphatic carbocycles. The molecule has 0 N–H and O–H groups in total. The molecule has 2 heterocycles. The van der Waals surface area contributed by atoms with E-state index in [1.165, 1.54) is 32.1 Å². The van der Waals surface area contributed by atoms with Gasteiger partial charge >= 0.3 is 0 Å². The van der Waals surface area contributed by atoms with Crippen LogP contribution in [0.25, 0.3) is 0 Å². The molecule has 2 fully saturated rings. The van der Waals surface area contributed by atoms with E-state index < -0.39 is 0 Å². The first-order chi connectivity index (χ1) is 12.8. The van der Waals surface area contributed by atoms with Crippen LogP contribution in [0, 0.1) is 5.92 Å². The van der Waals surface area contributed by atoms with Crippen molar-refractivity contribution in [3.8, 4) is 0 Å². The third-order valence-corrected chi connectivity index (χ3v) is 5.54. The molecular formula is C19H31N3O4. The highest BCUT2D eigenvalue weighted by Gasteiger charge is 2.28. The summed E-state index contributed by atoms with van der Waals surface area (Å²) in [4.78, 5) is 19.0. The van der Waals surface area contributed by atoms with Crippen LogP contribution < -0.4 is 0 Å². The second-order valence-corrected chi connectivity index (χ2v) is 7.45. The molecule has 0 atom stereocenters. The van der Waals surface area contributed by atoms with E-state index in [1.54, 1.807) is 7.11 Å². The first-order valence-corrected chi connectivity index (χ1v) is 9.93. The van der Waals surface area contributed by atoms with Gasteiger partial charge in [0.1, 0.15) is 6.61 Å². The van der Waals surface area contributed by atoms with Crippen molar-refractivity contribution < 1.29 is 18.8 Å². The molecule has 3 rings (SSSR count). The lowest BCUT2D eigenvalue weighted by Gasteiger charge is -2.32. The first kappa shape index (κ1) is 19.3. The second-order valence-electron chi connectivity index (χ2n) is 7.45. The normalized spacial score (nSPS) is 19.8. The highest BCUT2D eigenvalue weighted by Crippen LogP contribution is 2.29. The van der Waals surface area contributed by atoms with Gasteiger partial charge in [-0.15, -0.1) is 0 Å². The van der Waals surface area contributed by atoms with Crippen molar-refractivity contribution in [1.82, 2.24) is 15.0 Å². The number of nitrogens with zero attached hydrogens (tertiary/aromatic N) is 3. The predicted octanol–water partition coefficient (Wildman–Crippen LogP) is 2.91. The summed E-state index contributed by atoms with van der Waals surface area (Å²) in [6.07, 6.45) is 8.89. The summed E-state index contributed by atoms with van der Waals surface area (Å²) in [7, 11) is 1.64. The van der Waals surface area contributed by atoms with E-state index in [2.05, 4.69) is 10.1 Å². The fourth-order valence-electron chi connectivity index (χ4n) is 3.95. The molecule has 26 heavy (non-hydrogen) atoms. The van der Waals surface area contributed by atoms with Crippen LogP contribution in [-0.2, 0) is 20.9 Å². The van der Waals surface area contributed by atoms with Gasteiger partial charge in [-0.05, 0) is 31.6 Å². The number of carbonyl (C=O) groups excluding carboxylic acids is 1. The van der Waals surface area contributed by atoms with Gasteiger partial charge in [-0.25, -0.2) is 0 Å². The lowest BCUT2D eigenvalue weighted by atomic mass is 9.86. The number of ether oxygens (including phenoxy) is 2. The quantitative estimate of drug-likeness (QED) is 0.659. The largest absolute Gasteiger partial charge is 0.382 e. The van der Waals surface area contributed by atoms with E-state index in [1.807, 2.05) is 4.90 Å². The van der Waals surface area contributed by atoms with E-state index >= 15 is 0 Å². The number of piperidine rings is 1. The Kier molecular flexibility index (Phi) is 7.43. The SMILES string of the molecule is COCCOCc1nc(C2CCN(C(=O)CC3CCCCC3)CC2)no1. The molecule has 1 aliphatic heterocycles. The van der Waals surface area contributed by atoms with Gasteiger partial charge in [-0.2, -0.15) is 4.98 Å². The van der Waals surface area contributed by atoms with Gasteiger partial charge in [0.05, 0.1) is 13.2 Å². The van der Waals surface area contributed by atoms with Crippen molar-refractivity contribution in [2.75, 3.05) is 33.4 Å². The molecule has 1 amide bonds. The van der Waals surface area contributed by atoms with Crippen LogP contribution in [-0.4, -0.2) is 54.4 Å². The molecule has 7 nitrogen and oxygen atoms in total. The molecule has 0 radical (unpaired) electrons. The van der Waals surface area contributed by atoms with Crippen molar-refractivity contribution in [2.45, 2.75) is 63.9 Å². The van der Waals surface area contributed by atoms with Crippen LogP contribution >= 0.6 is 0 Å². The Morgan fingerprint density at radius 2 is 1.92 bits per heavy atom. The van der Waals surface area contributed by atoms with Gasteiger partial charge < -0.3 is 18.9 Å². The van der Waals surface area contributed by atoms with Gasteiger partial charge in [0.2, 0.25) is 5.91 Å². The Hall–Kier alpha value is -1.47. The highest BCUT2D eigenvalue weighted by molar-refractivity contribution is 5.76. The number of hydrogen-bond acceptors (Lipinski definition) is 6. The number of hydrogen-bond donors (Lipinski definition) is 0. The predicted molar refractivity (Wildman–Crippen MR) is 95.6 cm³/mol. The van der Waals surface area contributed by atoms with E-state index in [9.17, 15) is 4.79 Å². The summed E-state index contributed by atoms with van der Waals surface area (Å²) in [5, 5.41) is 4.10. The summed E-state index contributed by atoms with van der Waals surface area (Å²) in [6, 6.07) is 0. The Labute approximate surface area is 155 Å². The average molecular weight is 365 g/mol. The molecule has 0 unspecified atom stereocenters. The van der Waals surface area contributed by atoms with Crippen LogP contribution in [0.4, 0.5) is 0 Å². The first-order valence-electron chi connectivity index (χ1n) is 9.93. The monoisotopic (exact) mass is 365 g/mol. The van der Waals surface area contributed by atoms with E-state index in [0.717, 1.165) is 38.2 Å². The number of methoxy groups -OCH3 is 1. The molecule has 0 aromatic carbocycles. The maximum Gasteiger partial charge on any atom is 0.252 e. The Morgan fingerprint density at radius 3 is 2.65 bits per heavy atom. The zero-order valence-electron chi connectivity index (χ0n) is 15.8. The third kappa shape index (κ3) is 5.51. The summed E-state index contributed by atoms with van der Waals surface area (Å²) in [6.45, 7) is 2.97. The molecule has 1 aromatic rings. The van der Waals surface area contributed by atoms with E-state index in [4.69, 9.17) is 14.0 Å². The van der Waals surface area contributed by atoms with Gasteiger partial charge in [-0.1, -0.05) is 24.4 Å². The minimum absolute atomic E-state index is 0.269. The standard InChI is InChI=1S/C19H31N3O4/c1-24-11-12-25-14-17-20-19(21-26-17)16-7-9-22(10-8-16)18(23)13-15-5-3-2-4-6-15/h15-16H,2-14H2,1H3. The highest BCUT2D eigenvalue weighted by atomic mass is 16.5. The number of carbonyl (C=O) groups is 1. The Balaban J connectivity index is 1.40. The van der Waals surface area contributed by atoms with Crippen LogP contribution in [0.5, 0.6) is 0 Å². The van der Waals surface area contributed by atoms with Crippen LogP contribution in [0.1, 0.15) is 69.0 Å². The minimum Gasteiger partial charge on any atom is -0.382 e. The number of rotatable bonds is 8. The summed E-state index contributed by atoms with van der Waals surface area (Å²) in [5.74, 6) is 2.45. The number of aromatic nitrogens is 2. The summed E-state index contributed by atoms with van der Waals surface area (Å²) >= 11 is 0. The van der Waals surface area contributed by atoms with Gasteiger partial charge in [0.15, 0.2) is 5.82 Å². The molecule has 2 aliphatic rings. The maximum absolute atomic E-state index is 12.5. The Bertz CT molecular complexity index is 549. The second kappa shape index (κ2) is 10.0. The zero-order chi connectivity index (χ0) is 18.2. The van der Waals surface area contributed by atoms with Crippen LogP contribution in [0.3, 0.4) is 0 Å². The van der Waals surface area contributed by atoms with Gasteiger partial charge in [0.25, 0.3) is 5.89 Å². The molecule has 7 heteroatoms. The van der Waals surface area contributed by atoms with Gasteiger partial charge in [0, 0.05) is 32.5 Å². The lowest BCUT2D eigenvalue weighted by molar-refractivity contribution is -0.133. The van der Waals surface area contributed by atoms with E-state index in [0.29, 0.717) is 37.5 Å². The number of likely N-dealkylation sites (tertiary alicyclic amines) is 1. The van der Waals surface area contributed by atoms with Crippen molar-refractivity contribution in [2.24, 2.45) is 5.92 Å². The summed E-state index contributed by atoms with van der Waals surface area (Å²) in [5.41, 5.74) is 0. The van der Waals surface area contributed by atoms with Crippen molar-refractivity contribution in [3.63, 3.8) is 0 Å². The van der Waals surface area contributed by atoms with Crippen LogP contribution in [0.2, 0.25) is 0 Å². The number of amides is 1. The smallest absolute Gasteiger partial charge is 0.252 e. The van der Waals surface area contributed by atoms with Crippen molar-refractivity contribution in [3.05, 3.63) is 11.7 Å². The van der Waals surface area contributed by atoms with Gasteiger partial charge in [-0.3, -0.25) is 4.79 Å². The van der Waals surface area contributed by atoms with E-state index in [-0.39, 0.29) is 5.92 Å². The maximum atomic E-state index is 12.5. The molecule has 146 valence electrons. The summed E-state index contributed by atoms with van der Waals surface area (Å²) < 4.78 is 15.6. The fourth-order valence-corrected chi connectivity index (χ4v) is 3.95. The minimum atomic E-state index is 0.269. The third-order valence-electron chi connectivity index (χ3n) is 5.54. The molecule has 0 spiro atoms. The van der Waals surface area contributed by atoms with Crippen molar-refractivity contribution >= 4 is 5.91 Å². The molecule has 1 aromatic heterocycles. The molecule has 0 bridgehead atoms. The fraction of sp³-hybridized carbons (Fsp3) is 0.842. The zero-order valence-corrected chi connectivity index (χ0v) is 15.8. The van der Waals surface area contributed by atoms with Crippen molar-refractivity contribution in [1.29, 1.82) is 0 Å². The lowest BCUT2D eigenvalue weighted by Crippen LogP contribution is -2.39. The molecule has 1 saturated heterocycles. The average Bonchev–Trinajstić information content (AvgIpc) is 3.15.